The van der Waals surface area contributed by atoms with Gasteiger partial charge in [-0.25, -0.2) is 9.67 Å². The highest BCUT2D eigenvalue weighted by molar-refractivity contribution is 7.13. The number of alkyl halides is 1. The molecule has 0 saturated carbocycles. The SMILES string of the molecule is Cc1cc(-n2ccc(-c3nccs3)n2)c(C(Cl)C=O)cn1. The smallest absolute Gasteiger partial charge is 0.143 e. The van der Waals surface area contributed by atoms with Crippen LogP contribution in [-0.2, 0) is 4.79 Å². The topological polar surface area (TPSA) is 60.7 Å². The van der Waals surface area contributed by atoms with E-state index in [1.807, 2.05) is 30.6 Å². The number of halogens is 1. The van der Waals surface area contributed by atoms with Gasteiger partial charge >= 0.3 is 0 Å². The number of carbonyl (C=O) groups excluding carboxylic acids is 1. The second kappa shape index (κ2) is 5.75. The van der Waals surface area contributed by atoms with Crippen molar-refractivity contribution in [3.63, 3.8) is 0 Å². The molecule has 3 heterocycles. The van der Waals surface area contributed by atoms with Crippen LogP contribution in [0.2, 0.25) is 0 Å². The van der Waals surface area contributed by atoms with Crippen molar-refractivity contribution in [2.75, 3.05) is 0 Å². The highest BCUT2D eigenvalue weighted by Gasteiger charge is 2.15. The van der Waals surface area contributed by atoms with Gasteiger partial charge in [-0.1, -0.05) is 0 Å². The monoisotopic (exact) mass is 318 g/mol. The molecule has 0 amide bonds. The summed E-state index contributed by atoms with van der Waals surface area (Å²) in [5.41, 5.74) is 2.99. The number of rotatable bonds is 4. The molecule has 106 valence electrons. The Morgan fingerprint density at radius 1 is 1.43 bits per heavy atom. The summed E-state index contributed by atoms with van der Waals surface area (Å²) in [5.74, 6) is 0. The van der Waals surface area contributed by atoms with Crippen molar-refractivity contribution in [1.82, 2.24) is 19.7 Å². The molecule has 0 bridgehead atoms. The Bertz CT molecular complexity index is 769. The van der Waals surface area contributed by atoms with E-state index >= 15 is 0 Å². The van der Waals surface area contributed by atoms with Crippen LogP contribution in [0.25, 0.3) is 16.4 Å². The van der Waals surface area contributed by atoms with Crippen molar-refractivity contribution in [2.24, 2.45) is 0 Å². The second-order valence-corrected chi connectivity index (χ2v) is 5.77. The van der Waals surface area contributed by atoms with Crippen LogP contribution in [0.5, 0.6) is 0 Å². The van der Waals surface area contributed by atoms with E-state index in [0.717, 1.165) is 22.1 Å². The Balaban J connectivity index is 2.08. The van der Waals surface area contributed by atoms with E-state index < -0.39 is 5.38 Å². The molecule has 1 unspecified atom stereocenters. The third-order valence-corrected chi connectivity index (χ3v) is 4.09. The molecule has 0 aliphatic carbocycles. The van der Waals surface area contributed by atoms with Crippen molar-refractivity contribution in [1.29, 1.82) is 0 Å². The predicted octanol–water partition coefficient (Wildman–Crippen LogP) is 3.18. The third kappa shape index (κ3) is 2.72. The summed E-state index contributed by atoms with van der Waals surface area (Å²) in [6.45, 7) is 1.88. The van der Waals surface area contributed by atoms with Gasteiger partial charge in [0.2, 0.25) is 0 Å². The normalized spacial score (nSPS) is 12.3. The van der Waals surface area contributed by atoms with Gasteiger partial charge in [-0.2, -0.15) is 5.10 Å². The Kier molecular flexibility index (Phi) is 3.81. The maximum atomic E-state index is 11.0. The molecule has 0 spiro atoms. The molecule has 7 heteroatoms. The van der Waals surface area contributed by atoms with Crippen LogP contribution < -0.4 is 0 Å². The molecule has 0 saturated heterocycles. The molecular weight excluding hydrogens is 308 g/mol. The van der Waals surface area contributed by atoms with Gasteiger partial charge in [-0.3, -0.25) is 4.98 Å². The van der Waals surface area contributed by atoms with E-state index in [9.17, 15) is 4.79 Å². The lowest BCUT2D eigenvalue weighted by molar-refractivity contribution is -0.107. The van der Waals surface area contributed by atoms with E-state index in [0.29, 0.717) is 11.8 Å². The van der Waals surface area contributed by atoms with Crippen molar-refractivity contribution in [2.45, 2.75) is 12.3 Å². The lowest BCUT2D eigenvalue weighted by atomic mass is 10.1. The lowest BCUT2D eigenvalue weighted by Crippen LogP contribution is -2.05. The molecule has 0 aromatic carbocycles. The average molecular weight is 319 g/mol. The number of carbonyl (C=O) groups is 1. The number of hydrogen-bond donors (Lipinski definition) is 0. The lowest BCUT2D eigenvalue weighted by Gasteiger charge is -2.11. The fourth-order valence-electron chi connectivity index (χ4n) is 1.96. The van der Waals surface area contributed by atoms with Gasteiger partial charge in [-0.15, -0.1) is 22.9 Å². The number of hydrogen-bond acceptors (Lipinski definition) is 5. The average Bonchev–Trinajstić information content (AvgIpc) is 3.17. The van der Waals surface area contributed by atoms with E-state index in [2.05, 4.69) is 15.1 Å². The summed E-state index contributed by atoms with van der Waals surface area (Å²) in [4.78, 5) is 19.4. The molecule has 0 N–H and O–H groups in total. The number of nitrogens with zero attached hydrogens (tertiary/aromatic N) is 4. The third-order valence-electron chi connectivity index (χ3n) is 2.95. The molecule has 5 nitrogen and oxygen atoms in total. The maximum absolute atomic E-state index is 11.0. The summed E-state index contributed by atoms with van der Waals surface area (Å²) in [6.07, 6.45) is 5.86. The molecule has 3 aromatic rings. The Morgan fingerprint density at radius 3 is 3.00 bits per heavy atom. The van der Waals surface area contributed by atoms with E-state index in [1.165, 1.54) is 11.3 Å². The van der Waals surface area contributed by atoms with Gasteiger partial charge in [0.15, 0.2) is 0 Å². The largest absolute Gasteiger partial charge is 0.301 e. The minimum absolute atomic E-state index is 0.631. The van der Waals surface area contributed by atoms with Gasteiger partial charge in [-0.05, 0) is 19.1 Å². The minimum atomic E-state index is -0.749. The quantitative estimate of drug-likeness (QED) is 0.547. The van der Waals surface area contributed by atoms with Crippen molar-refractivity contribution < 1.29 is 4.79 Å². The first-order valence-electron chi connectivity index (χ1n) is 6.21. The van der Waals surface area contributed by atoms with Crippen molar-refractivity contribution in [3.05, 3.63) is 47.4 Å². The van der Waals surface area contributed by atoms with Gasteiger partial charge in [0.25, 0.3) is 0 Å². The fourth-order valence-corrected chi connectivity index (χ4v) is 2.73. The predicted molar refractivity (Wildman–Crippen MR) is 81.9 cm³/mol. The molecular formula is C14H11ClN4OS. The minimum Gasteiger partial charge on any atom is -0.301 e. The summed E-state index contributed by atoms with van der Waals surface area (Å²) in [6, 6.07) is 3.73. The highest BCUT2D eigenvalue weighted by atomic mass is 35.5. The van der Waals surface area contributed by atoms with Crippen LogP contribution in [0, 0.1) is 6.92 Å². The van der Waals surface area contributed by atoms with E-state index in [-0.39, 0.29) is 0 Å². The van der Waals surface area contributed by atoms with Crippen LogP contribution >= 0.6 is 22.9 Å². The Labute approximate surface area is 130 Å². The standard InChI is InChI=1S/C14H11ClN4OS/c1-9-6-13(10(7-17-9)11(15)8-20)19-4-2-12(18-19)14-16-3-5-21-14/h2-8,11H,1H3. The van der Waals surface area contributed by atoms with Crippen LogP contribution in [0.3, 0.4) is 0 Å². The number of pyridine rings is 1. The summed E-state index contributed by atoms with van der Waals surface area (Å²) >= 11 is 7.57. The molecule has 0 aliphatic heterocycles. The first-order valence-corrected chi connectivity index (χ1v) is 7.52. The zero-order valence-corrected chi connectivity index (χ0v) is 12.7. The number of aldehydes is 1. The second-order valence-electron chi connectivity index (χ2n) is 4.41. The molecule has 0 aliphatic rings. The van der Waals surface area contributed by atoms with Crippen LogP contribution in [0.4, 0.5) is 0 Å². The molecule has 3 rings (SSSR count). The summed E-state index contributed by atoms with van der Waals surface area (Å²) in [7, 11) is 0. The molecule has 0 radical (unpaired) electrons. The number of aromatic nitrogens is 4. The summed E-state index contributed by atoms with van der Waals surface area (Å²) < 4.78 is 1.69. The fraction of sp³-hybridized carbons (Fsp3) is 0.143. The molecule has 3 aromatic heterocycles. The van der Waals surface area contributed by atoms with E-state index in [4.69, 9.17) is 11.6 Å². The molecule has 1 atom stereocenters. The van der Waals surface area contributed by atoms with E-state index in [1.54, 1.807) is 17.1 Å². The van der Waals surface area contributed by atoms with Crippen molar-refractivity contribution in [3.8, 4) is 16.4 Å². The maximum Gasteiger partial charge on any atom is 0.143 e. The first-order chi connectivity index (χ1) is 10.2. The number of thiazole rings is 1. The molecule has 0 fully saturated rings. The van der Waals surface area contributed by atoms with Crippen molar-refractivity contribution >= 4 is 29.2 Å². The van der Waals surface area contributed by atoms with Crippen LogP contribution in [-0.4, -0.2) is 26.0 Å². The molecule has 21 heavy (non-hydrogen) atoms. The van der Waals surface area contributed by atoms with Crippen LogP contribution in [0.1, 0.15) is 16.6 Å². The Morgan fingerprint density at radius 2 is 2.29 bits per heavy atom. The number of aryl methyl sites for hydroxylation is 1. The first kappa shape index (κ1) is 13.9. The van der Waals surface area contributed by atoms with Gasteiger partial charge in [0.1, 0.15) is 22.4 Å². The zero-order chi connectivity index (χ0) is 14.8. The van der Waals surface area contributed by atoms with Gasteiger partial charge in [0.05, 0.1) is 5.69 Å². The van der Waals surface area contributed by atoms with Gasteiger partial charge < -0.3 is 4.79 Å². The highest BCUT2D eigenvalue weighted by Crippen LogP contribution is 2.26. The summed E-state index contributed by atoms with van der Waals surface area (Å²) in [5, 5.41) is 6.50. The zero-order valence-electron chi connectivity index (χ0n) is 11.1. The Hall–Kier alpha value is -2.05. The van der Waals surface area contributed by atoms with Crippen LogP contribution in [0.15, 0.2) is 36.1 Å². The van der Waals surface area contributed by atoms with Gasteiger partial charge in [0, 0.05) is 35.2 Å².